The fraction of sp³-hybridized carbons (Fsp3) is 0.308. The number of aryl methyl sites for hydroxylation is 1. The molecule has 0 radical (unpaired) electrons. The van der Waals surface area contributed by atoms with E-state index in [0.29, 0.717) is 18.7 Å². The molecule has 1 N–H and O–H groups in total. The van der Waals surface area contributed by atoms with Gasteiger partial charge in [0.1, 0.15) is 0 Å². The topological polar surface area (TPSA) is 40.5 Å². The fourth-order valence-electron chi connectivity index (χ4n) is 1.64. The van der Waals surface area contributed by atoms with Crippen molar-refractivity contribution >= 4 is 12.0 Å². The summed E-state index contributed by atoms with van der Waals surface area (Å²) in [5.41, 5.74) is 2.54. The number of benzene rings is 1. The number of aliphatic hydroxyl groups is 1. The number of hydrogen-bond acceptors (Lipinski definition) is 3. The van der Waals surface area contributed by atoms with Gasteiger partial charge in [0, 0.05) is 24.3 Å². The zero-order valence-electron chi connectivity index (χ0n) is 9.52. The van der Waals surface area contributed by atoms with Crippen LogP contribution in [0.5, 0.6) is 0 Å². The highest BCUT2D eigenvalue weighted by molar-refractivity contribution is 5.85. The first-order valence-corrected chi connectivity index (χ1v) is 5.25. The lowest BCUT2D eigenvalue weighted by Gasteiger charge is -2.23. The van der Waals surface area contributed by atoms with E-state index in [0.717, 1.165) is 17.5 Å². The van der Waals surface area contributed by atoms with E-state index in [2.05, 4.69) is 6.58 Å². The van der Waals surface area contributed by atoms with Crippen LogP contribution in [0, 0.1) is 6.92 Å². The Balaban J connectivity index is 3.06. The van der Waals surface area contributed by atoms with Crippen LogP contribution in [0.4, 0.5) is 5.69 Å². The predicted octanol–water partition coefficient (Wildman–Crippen LogP) is 1.79. The Labute approximate surface area is 96.0 Å². The Hall–Kier alpha value is -1.61. The van der Waals surface area contributed by atoms with E-state index in [9.17, 15) is 4.79 Å². The SMILES string of the molecule is C=CCN(CCO)c1ccc(C)cc1C=O. The third-order valence-electron chi connectivity index (χ3n) is 2.37. The van der Waals surface area contributed by atoms with E-state index in [1.165, 1.54) is 0 Å². The average Bonchev–Trinajstić information content (AvgIpc) is 2.28. The molecule has 0 unspecified atom stereocenters. The molecule has 86 valence electrons. The van der Waals surface area contributed by atoms with Gasteiger partial charge in [0.25, 0.3) is 0 Å². The average molecular weight is 219 g/mol. The molecule has 0 aliphatic carbocycles. The monoisotopic (exact) mass is 219 g/mol. The summed E-state index contributed by atoms with van der Waals surface area (Å²) in [6.45, 7) is 6.78. The van der Waals surface area contributed by atoms with E-state index in [1.54, 1.807) is 6.08 Å². The van der Waals surface area contributed by atoms with Crippen molar-refractivity contribution in [3.63, 3.8) is 0 Å². The second-order valence-corrected chi connectivity index (χ2v) is 3.64. The van der Waals surface area contributed by atoms with Gasteiger partial charge in [0.05, 0.1) is 6.61 Å². The molecule has 0 saturated carbocycles. The molecule has 0 aliphatic heterocycles. The van der Waals surface area contributed by atoms with Crippen molar-refractivity contribution in [1.82, 2.24) is 0 Å². The number of rotatable bonds is 6. The Bertz CT molecular complexity index is 374. The van der Waals surface area contributed by atoms with Crippen molar-refractivity contribution in [1.29, 1.82) is 0 Å². The van der Waals surface area contributed by atoms with Gasteiger partial charge < -0.3 is 10.0 Å². The number of anilines is 1. The minimum Gasteiger partial charge on any atom is -0.395 e. The molecule has 0 aliphatic rings. The molecule has 0 saturated heterocycles. The molecule has 1 aromatic rings. The van der Waals surface area contributed by atoms with Crippen molar-refractivity contribution in [2.75, 3.05) is 24.6 Å². The summed E-state index contributed by atoms with van der Waals surface area (Å²) in [5, 5.41) is 8.98. The van der Waals surface area contributed by atoms with Gasteiger partial charge in [-0.3, -0.25) is 4.79 Å². The highest BCUT2D eigenvalue weighted by Gasteiger charge is 2.09. The van der Waals surface area contributed by atoms with Gasteiger partial charge in [0.2, 0.25) is 0 Å². The summed E-state index contributed by atoms with van der Waals surface area (Å²) in [4.78, 5) is 12.9. The number of carbonyl (C=O) groups excluding carboxylic acids is 1. The smallest absolute Gasteiger partial charge is 0.152 e. The van der Waals surface area contributed by atoms with Crippen LogP contribution in [0.25, 0.3) is 0 Å². The molecule has 1 rings (SSSR count). The minimum absolute atomic E-state index is 0.0556. The standard InChI is InChI=1S/C13H17NO2/c1-3-6-14(7-8-15)13-5-4-11(2)9-12(13)10-16/h3-5,9-10,15H,1,6-8H2,2H3. The molecular weight excluding hydrogens is 202 g/mol. The third-order valence-corrected chi connectivity index (χ3v) is 2.37. The van der Waals surface area contributed by atoms with Gasteiger partial charge in [0.15, 0.2) is 6.29 Å². The van der Waals surface area contributed by atoms with Crippen LogP contribution in [-0.4, -0.2) is 31.1 Å². The molecule has 0 heterocycles. The molecule has 0 bridgehead atoms. The number of aldehydes is 1. The quantitative estimate of drug-likeness (QED) is 0.586. The lowest BCUT2D eigenvalue weighted by Crippen LogP contribution is -2.27. The number of carbonyl (C=O) groups is 1. The molecule has 3 heteroatoms. The highest BCUT2D eigenvalue weighted by atomic mass is 16.3. The summed E-state index contributed by atoms with van der Waals surface area (Å²) in [7, 11) is 0. The van der Waals surface area contributed by atoms with Crippen LogP contribution in [0.15, 0.2) is 30.9 Å². The van der Waals surface area contributed by atoms with Crippen LogP contribution in [0.3, 0.4) is 0 Å². The minimum atomic E-state index is 0.0556. The van der Waals surface area contributed by atoms with E-state index < -0.39 is 0 Å². The molecule has 3 nitrogen and oxygen atoms in total. The second-order valence-electron chi connectivity index (χ2n) is 3.64. The van der Waals surface area contributed by atoms with E-state index in [4.69, 9.17) is 5.11 Å². The first kappa shape index (κ1) is 12.5. The van der Waals surface area contributed by atoms with Crippen molar-refractivity contribution < 1.29 is 9.90 Å². The maximum Gasteiger partial charge on any atom is 0.152 e. The molecule has 1 aromatic carbocycles. The lowest BCUT2D eigenvalue weighted by atomic mass is 10.1. The van der Waals surface area contributed by atoms with Crippen LogP contribution < -0.4 is 4.90 Å². The zero-order valence-corrected chi connectivity index (χ0v) is 9.52. The third kappa shape index (κ3) is 2.94. The molecule has 0 spiro atoms. The van der Waals surface area contributed by atoms with Gasteiger partial charge in [-0.05, 0) is 19.1 Å². The van der Waals surface area contributed by atoms with Crippen LogP contribution in [-0.2, 0) is 0 Å². The Kier molecular flexibility index (Phi) is 4.73. The van der Waals surface area contributed by atoms with Crippen molar-refractivity contribution in [3.05, 3.63) is 42.0 Å². The second kappa shape index (κ2) is 6.08. The van der Waals surface area contributed by atoms with Crippen LogP contribution in [0.1, 0.15) is 15.9 Å². The first-order valence-electron chi connectivity index (χ1n) is 5.25. The molecule has 0 fully saturated rings. The Morgan fingerprint density at radius 3 is 2.81 bits per heavy atom. The van der Waals surface area contributed by atoms with E-state index in [-0.39, 0.29) is 6.61 Å². The molecule has 0 amide bonds. The van der Waals surface area contributed by atoms with Gasteiger partial charge in [-0.2, -0.15) is 0 Å². The maximum absolute atomic E-state index is 11.0. The first-order chi connectivity index (χ1) is 7.72. The summed E-state index contributed by atoms with van der Waals surface area (Å²) in [6, 6.07) is 5.70. The van der Waals surface area contributed by atoms with E-state index >= 15 is 0 Å². The fourth-order valence-corrected chi connectivity index (χ4v) is 1.64. The number of hydrogen-bond donors (Lipinski definition) is 1. The summed E-state index contributed by atoms with van der Waals surface area (Å²) >= 11 is 0. The zero-order chi connectivity index (χ0) is 12.0. The van der Waals surface area contributed by atoms with Crippen molar-refractivity contribution in [3.8, 4) is 0 Å². The van der Waals surface area contributed by atoms with Gasteiger partial charge >= 0.3 is 0 Å². The summed E-state index contributed by atoms with van der Waals surface area (Å²) in [6.07, 6.45) is 2.60. The van der Waals surface area contributed by atoms with Gasteiger partial charge in [-0.15, -0.1) is 6.58 Å². The lowest BCUT2D eigenvalue weighted by molar-refractivity contribution is 0.112. The maximum atomic E-state index is 11.0. The largest absolute Gasteiger partial charge is 0.395 e. The Morgan fingerprint density at radius 2 is 2.25 bits per heavy atom. The number of nitrogens with zero attached hydrogens (tertiary/aromatic N) is 1. The van der Waals surface area contributed by atoms with Gasteiger partial charge in [-0.1, -0.05) is 17.7 Å². The van der Waals surface area contributed by atoms with Gasteiger partial charge in [-0.25, -0.2) is 0 Å². The summed E-state index contributed by atoms with van der Waals surface area (Å²) in [5.74, 6) is 0. The van der Waals surface area contributed by atoms with E-state index in [1.807, 2.05) is 30.0 Å². The van der Waals surface area contributed by atoms with Crippen LogP contribution >= 0.6 is 0 Å². The normalized spacial score (nSPS) is 9.88. The van der Waals surface area contributed by atoms with Crippen LogP contribution in [0.2, 0.25) is 0 Å². The predicted molar refractivity (Wildman–Crippen MR) is 66.1 cm³/mol. The Morgan fingerprint density at radius 1 is 1.50 bits per heavy atom. The molecule has 0 aromatic heterocycles. The number of aliphatic hydroxyl groups excluding tert-OH is 1. The van der Waals surface area contributed by atoms with Crippen molar-refractivity contribution in [2.24, 2.45) is 0 Å². The molecular formula is C13H17NO2. The summed E-state index contributed by atoms with van der Waals surface area (Å²) < 4.78 is 0. The molecule has 0 atom stereocenters. The highest BCUT2D eigenvalue weighted by Crippen LogP contribution is 2.20. The molecule has 16 heavy (non-hydrogen) atoms. The van der Waals surface area contributed by atoms with Crippen molar-refractivity contribution in [2.45, 2.75) is 6.92 Å².